The Balaban J connectivity index is 1.70. The maximum absolute atomic E-state index is 11.1. The molecule has 2 heterocycles. The molecule has 11 nitrogen and oxygen atoms in total. The van der Waals surface area contributed by atoms with Gasteiger partial charge in [-0.25, -0.2) is 14.6 Å². The van der Waals surface area contributed by atoms with Crippen molar-refractivity contribution < 1.29 is 14.4 Å². The van der Waals surface area contributed by atoms with Crippen LogP contribution in [-0.2, 0) is 6.54 Å². The van der Waals surface area contributed by atoms with E-state index in [0.29, 0.717) is 48.3 Å². The van der Waals surface area contributed by atoms with Crippen molar-refractivity contribution in [1.82, 2.24) is 30.2 Å². The van der Waals surface area contributed by atoms with Crippen molar-refractivity contribution in [3.8, 4) is 23.0 Å². The summed E-state index contributed by atoms with van der Waals surface area (Å²) in [5.41, 5.74) is 2.22. The minimum Gasteiger partial charge on any atom is -0.490 e. The third-order valence-corrected chi connectivity index (χ3v) is 5.11. The monoisotopic (exact) mass is 463 g/mol. The summed E-state index contributed by atoms with van der Waals surface area (Å²) in [5.74, 6) is 1.71. The summed E-state index contributed by atoms with van der Waals surface area (Å²) in [7, 11) is 0. The van der Waals surface area contributed by atoms with Gasteiger partial charge in [0.05, 0.1) is 36.6 Å². The molecule has 176 valence electrons. The van der Waals surface area contributed by atoms with Crippen LogP contribution in [0.25, 0.3) is 22.4 Å². The zero-order valence-electron chi connectivity index (χ0n) is 19.0. The summed E-state index contributed by atoms with van der Waals surface area (Å²) >= 11 is 0. The van der Waals surface area contributed by atoms with Crippen LogP contribution in [0.1, 0.15) is 33.1 Å². The lowest BCUT2D eigenvalue weighted by Crippen LogP contribution is -2.07. The van der Waals surface area contributed by atoms with Gasteiger partial charge in [-0.2, -0.15) is 0 Å². The van der Waals surface area contributed by atoms with E-state index >= 15 is 0 Å². The zero-order chi connectivity index (χ0) is 23.9. The van der Waals surface area contributed by atoms with Crippen LogP contribution in [-0.4, -0.2) is 48.3 Å². The van der Waals surface area contributed by atoms with Gasteiger partial charge < -0.3 is 9.47 Å². The fourth-order valence-corrected chi connectivity index (χ4v) is 3.45. The minimum absolute atomic E-state index is 0.130. The Morgan fingerprint density at radius 1 is 1.12 bits per heavy atom. The number of benzene rings is 1. The molecule has 0 radical (unpaired) electrons. The topological polar surface area (TPSA) is 131 Å². The van der Waals surface area contributed by atoms with Gasteiger partial charge in [0.25, 0.3) is 0 Å². The molecule has 0 bridgehead atoms. The maximum Gasteiger partial charge on any atom is 0.249 e. The van der Waals surface area contributed by atoms with Crippen molar-refractivity contribution in [2.45, 2.75) is 39.7 Å². The minimum atomic E-state index is -0.379. The molecule has 1 aliphatic rings. The first kappa shape index (κ1) is 23.0. The molecular weight excluding hydrogens is 438 g/mol. The van der Waals surface area contributed by atoms with Crippen molar-refractivity contribution in [2.75, 3.05) is 13.2 Å². The van der Waals surface area contributed by atoms with Gasteiger partial charge in [0, 0.05) is 17.5 Å². The van der Waals surface area contributed by atoms with E-state index in [0.717, 1.165) is 23.8 Å². The highest BCUT2D eigenvalue weighted by Crippen LogP contribution is 2.35. The fourth-order valence-electron chi connectivity index (χ4n) is 3.45. The molecule has 0 unspecified atom stereocenters. The molecule has 11 heteroatoms. The number of hydrogen-bond donors (Lipinski definition) is 0. The summed E-state index contributed by atoms with van der Waals surface area (Å²) in [5, 5.41) is 24.0. The quantitative estimate of drug-likeness (QED) is 0.324. The van der Waals surface area contributed by atoms with Gasteiger partial charge in [0.2, 0.25) is 11.5 Å². The molecular formula is C23H25N7O4. The van der Waals surface area contributed by atoms with Gasteiger partial charge in [-0.15, -0.1) is 5.10 Å². The van der Waals surface area contributed by atoms with Crippen molar-refractivity contribution in [1.29, 1.82) is 0 Å². The van der Waals surface area contributed by atoms with E-state index in [-0.39, 0.29) is 17.0 Å². The Morgan fingerprint density at radius 3 is 2.62 bits per heavy atom. The van der Waals surface area contributed by atoms with E-state index < -0.39 is 0 Å². The van der Waals surface area contributed by atoms with E-state index in [1.807, 2.05) is 32.1 Å². The normalized spacial score (nSPS) is 13.4. The predicted molar refractivity (Wildman–Crippen MR) is 125 cm³/mol. The summed E-state index contributed by atoms with van der Waals surface area (Å²) in [6.07, 6.45) is 10.2. The Kier molecular flexibility index (Phi) is 7.21. The number of fused-ring (bicyclic) bond motifs is 1. The van der Waals surface area contributed by atoms with Crippen LogP contribution in [0.3, 0.4) is 0 Å². The predicted octanol–water partition coefficient (Wildman–Crippen LogP) is 3.91. The molecule has 0 spiro atoms. The molecule has 1 aromatic carbocycles. The molecule has 0 saturated carbocycles. The largest absolute Gasteiger partial charge is 0.490 e. The second-order valence-electron chi connectivity index (χ2n) is 7.65. The van der Waals surface area contributed by atoms with Gasteiger partial charge in [0.1, 0.15) is 12.0 Å². The fraction of sp³-hybridized carbons (Fsp3) is 0.348. The lowest BCUT2D eigenvalue weighted by Gasteiger charge is -2.14. The van der Waals surface area contributed by atoms with Gasteiger partial charge in [-0.3, -0.25) is 10.1 Å². The highest BCUT2D eigenvalue weighted by Gasteiger charge is 2.19. The average molecular weight is 463 g/mol. The number of rotatable bonds is 10. The molecule has 0 atom stereocenters. The lowest BCUT2D eigenvalue weighted by atomic mass is 10.1. The van der Waals surface area contributed by atoms with Crippen LogP contribution in [0, 0.1) is 10.1 Å². The molecule has 4 rings (SSSR count). The Hall–Kier alpha value is -4.15. The van der Waals surface area contributed by atoms with Crippen molar-refractivity contribution in [3.05, 3.63) is 64.1 Å². The molecule has 0 amide bonds. The maximum atomic E-state index is 11.1. The number of hydrogen-bond acceptors (Lipinski definition) is 9. The first-order valence-corrected chi connectivity index (χ1v) is 11.1. The number of allylic oxidation sites excluding steroid dienone is 5. The number of tetrazole rings is 1. The van der Waals surface area contributed by atoms with Gasteiger partial charge >= 0.3 is 0 Å². The molecule has 0 saturated heterocycles. The second-order valence-corrected chi connectivity index (χ2v) is 7.65. The molecule has 34 heavy (non-hydrogen) atoms. The third kappa shape index (κ3) is 5.08. The van der Waals surface area contributed by atoms with Crippen LogP contribution in [0.2, 0.25) is 0 Å². The summed E-state index contributed by atoms with van der Waals surface area (Å²) in [6.45, 7) is 5.53. The van der Waals surface area contributed by atoms with Gasteiger partial charge in [0.15, 0.2) is 11.5 Å². The molecule has 0 aliphatic heterocycles. The highest BCUT2D eigenvalue weighted by molar-refractivity contribution is 5.92. The van der Waals surface area contributed by atoms with Crippen LogP contribution >= 0.6 is 0 Å². The number of aromatic nitrogens is 6. The number of ether oxygens (including phenoxy) is 2. The Morgan fingerprint density at radius 2 is 1.88 bits per heavy atom. The second kappa shape index (κ2) is 10.6. The van der Waals surface area contributed by atoms with Crippen LogP contribution in [0.5, 0.6) is 11.5 Å². The molecule has 2 aromatic heterocycles. The first-order valence-electron chi connectivity index (χ1n) is 11.1. The van der Waals surface area contributed by atoms with Gasteiger partial charge in [-0.1, -0.05) is 32.1 Å². The van der Waals surface area contributed by atoms with E-state index in [9.17, 15) is 10.1 Å². The van der Waals surface area contributed by atoms with Crippen LogP contribution in [0.15, 0.2) is 54.0 Å². The van der Waals surface area contributed by atoms with Crippen LogP contribution < -0.4 is 9.47 Å². The van der Waals surface area contributed by atoms with Crippen LogP contribution in [0.4, 0.5) is 0 Å². The van der Waals surface area contributed by atoms with Crippen molar-refractivity contribution in [3.63, 3.8) is 0 Å². The Labute approximate surface area is 196 Å². The van der Waals surface area contributed by atoms with Crippen molar-refractivity contribution >= 4 is 10.9 Å². The SMILES string of the molecule is CCCOc1cc2ncnc(-c3nnnn3CC3=CCC([N+](=O)[O-])=CC=C3)c2cc1OCCC. The van der Waals surface area contributed by atoms with E-state index in [2.05, 4.69) is 25.5 Å². The first-order chi connectivity index (χ1) is 16.6. The summed E-state index contributed by atoms with van der Waals surface area (Å²) in [6, 6.07) is 3.71. The smallest absolute Gasteiger partial charge is 0.249 e. The number of nitrogens with zero attached hydrogens (tertiary/aromatic N) is 7. The molecule has 1 aliphatic carbocycles. The summed E-state index contributed by atoms with van der Waals surface area (Å²) in [4.78, 5) is 19.6. The lowest BCUT2D eigenvalue weighted by molar-refractivity contribution is -0.426. The van der Waals surface area contributed by atoms with E-state index in [1.165, 1.54) is 12.4 Å². The standard InChI is InChI=1S/C23H25N7O4/c1-3-10-33-20-12-18-19(13-21(20)34-11-4-2)24-15-25-22(18)23-26-27-28-29(23)14-16-6-5-7-17(9-8-16)30(31)32/h5-8,12-13,15H,3-4,9-11,14H2,1-2H3. The molecule has 0 fully saturated rings. The number of nitro groups is 1. The zero-order valence-corrected chi connectivity index (χ0v) is 19.0. The van der Waals surface area contributed by atoms with Gasteiger partial charge in [-0.05, 0) is 34.9 Å². The molecule has 0 N–H and O–H groups in total. The Bertz CT molecular complexity index is 1280. The third-order valence-electron chi connectivity index (χ3n) is 5.11. The van der Waals surface area contributed by atoms with Crippen molar-refractivity contribution in [2.24, 2.45) is 0 Å². The summed E-state index contributed by atoms with van der Waals surface area (Å²) < 4.78 is 13.4. The van der Waals surface area contributed by atoms with E-state index in [4.69, 9.17) is 9.47 Å². The molecule has 3 aromatic rings. The average Bonchev–Trinajstić information content (AvgIpc) is 3.16. The highest BCUT2D eigenvalue weighted by atomic mass is 16.6. The van der Waals surface area contributed by atoms with E-state index in [1.54, 1.807) is 16.8 Å².